The van der Waals surface area contributed by atoms with Crippen LogP contribution in [-0.2, 0) is 0 Å². The Balaban J connectivity index is 2.36. The van der Waals surface area contributed by atoms with Crippen molar-refractivity contribution in [1.82, 2.24) is 4.98 Å². The second kappa shape index (κ2) is 4.13. The molecule has 1 aromatic carbocycles. The average molecular weight is 278 g/mol. The summed E-state index contributed by atoms with van der Waals surface area (Å²) in [6.07, 6.45) is 3.11. The third-order valence-electron chi connectivity index (χ3n) is 2.89. The number of rotatable bonds is 1. The molecule has 0 radical (unpaired) electrons. The van der Waals surface area contributed by atoms with Crippen molar-refractivity contribution in [2.75, 3.05) is 11.5 Å². The molecule has 6 heteroatoms. The predicted octanol–water partition coefficient (Wildman–Crippen LogP) is 3.45. The molecule has 96 valence electrons. The van der Waals surface area contributed by atoms with Crippen LogP contribution in [0.1, 0.15) is 0 Å². The molecule has 2 heterocycles. The number of furan rings is 1. The lowest BCUT2D eigenvalue weighted by Crippen LogP contribution is -1.91. The zero-order chi connectivity index (χ0) is 13.6. The third kappa shape index (κ3) is 1.79. The molecule has 4 N–H and O–H groups in total. The summed E-state index contributed by atoms with van der Waals surface area (Å²) in [5.41, 5.74) is 13.6. The average Bonchev–Trinajstić information content (AvgIpc) is 2.65. The Hall–Kier alpha value is -2.27. The van der Waals surface area contributed by atoms with Crippen LogP contribution in [0.4, 0.5) is 16.0 Å². The Morgan fingerprint density at radius 1 is 1.16 bits per heavy atom. The molecule has 0 bridgehead atoms. The molecule has 0 spiro atoms. The van der Waals surface area contributed by atoms with Gasteiger partial charge < -0.3 is 15.9 Å². The summed E-state index contributed by atoms with van der Waals surface area (Å²) in [4.78, 5) is 4.05. The van der Waals surface area contributed by atoms with Gasteiger partial charge in [0.1, 0.15) is 11.5 Å². The van der Waals surface area contributed by atoms with Crippen LogP contribution in [0.25, 0.3) is 22.1 Å². The lowest BCUT2D eigenvalue weighted by molar-refractivity contribution is 0.628. The predicted molar refractivity (Wildman–Crippen MR) is 73.2 cm³/mol. The highest BCUT2D eigenvalue weighted by molar-refractivity contribution is 6.33. The number of nitrogen functional groups attached to an aromatic ring is 2. The van der Waals surface area contributed by atoms with Crippen LogP contribution in [0.2, 0.25) is 5.02 Å². The van der Waals surface area contributed by atoms with Gasteiger partial charge in [0.2, 0.25) is 5.88 Å². The third-order valence-corrected chi connectivity index (χ3v) is 3.20. The smallest absolute Gasteiger partial charge is 0.214 e. The van der Waals surface area contributed by atoms with Crippen molar-refractivity contribution >= 4 is 34.1 Å². The Morgan fingerprint density at radius 2 is 1.95 bits per heavy atom. The largest absolute Gasteiger partial charge is 0.437 e. The summed E-state index contributed by atoms with van der Waals surface area (Å²) in [6.45, 7) is 0. The number of nitrogens with two attached hydrogens (primary N) is 2. The normalized spacial score (nSPS) is 11.1. The Labute approximate surface area is 112 Å². The van der Waals surface area contributed by atoms with Crippen LogP contribution in [0, 0.1) is 5.82 Å². The van der Waals surface area contributed by atoms with E-state index in [1.54, 1.807) is 12.3 Å². The highest BCUT2D eigenvalue weighted by Crippen LogP contribution is 2.39. The van der Waals surface area contributed by atoms with E-state index in [1.165, 1.54) is 18.3 Å². The Bertz CT molecular complexity index is 785. The van der Waals surface area contributed by atoms with E-state index in [0.29, 0.717) is 27.8 Å². The zero-order valence-corrected chi connectivity index (χ0v) is 10.4. The van der Waals surface area contributed by atoms with Crippen molar-refractivity contribution < 1.29 is 8.81 Å². The highest BCUT2D eigenvalue weighted by atomic mass is 35.5. The minimum Gasteiger partial charge on any atom is -0.437 e. The van der Waals surface area contributed by atoms with Gasteiger partial charge in [-0.1, -0.05) is 11.6 Å². The van der Waals surface area contributed by atoms with Gasteiger partial charge in [-0.2, -0.15) is 0 Å². The molecule has 19 heavy (non-hydrogen) atoms. The van der Waals surface area contributed by atoms with Crippen LogP contribution in [-0.4, -0.2) is 4.98 Å². The molecule has 0 aliphatic rings. The van der Waals surface area contributed by atoms with Gasteiger partial charge >= 0.3 is 0 Å². The maximum Gasteiger partial charge on any atom is 0.214 e. The molecule has 2 aromatic heterocycles. The molecule has 0 saturated heterocycles. The highest BCUT2D eigenvalue weighted by Gasteiger charge is 2.16. The number of fused-ring (bicyclic) bond motifs is 1. The number of aromatic nitrogens is 1. The quantitative estimate of drug-likeness (QED) is 0.714. The summed E-state index contributed by atoms with van der Waals surface area (Å²) < 4.78 is 18.4. The number of benzene rings is 1. The van der Waals surface area contributed by atoms with Crippen LogP contribution in [0.5, 0.6) is 0 Å². The fourth-order valence-corrected chi connectivity index (χ4v) is 2.27. The minimum atomic E-state index is -0.409. The first kappa shape index (κ1) is 11.8. The maximum atomic E-state index is 13.1. The fraction of sp³-hybridized carbons (Fsp3) is 0. The van der Waals surface area contributed by atoms with Crippen molar-refractivity contribution in [3.05, 3.63) is 41.4 Å². The van der Waals surface area contributed by atoms with E-state index >= 15 is 0 Å². The summed E-state index contributed by atoms with van der Waals surface area (Å²) in [6, 6.07) is 4.12. The number of halogens is 2. The molecule has 0 aliphatic heterocycles. The molecule has 0 amide bonds. The first-order chi connectivity index (χ1) is 9.08. The van der Waals surface area contributed by atoms with Gasteiger partial charge in [-0.3, -0.25) is 4.98 Å². The Morgan fingerprint density at radius 3 is 2.68 bits per heavy atom. The second-order valence-electron chi connectivity index (χ2n) is 4.06. The molecular weight excluding hydrogens is 269 g/mol. The Kier molecular flexibility index (Phi) is 2.57. The van der Waals surface area contributed by atoms with Crippen LogP contribution >= 0.6 is 11.6 Å². The molecule has 0 aliphatic carbocycles. The van der Waals surface area contributed by atoms with Gasteiger partial charge in [-0.25, -0.2) is 4.39 Å². The van der Waals surface area contributed by atoms with Crippen molar-refractivity contribution in [2.24, 2.45) is 0 Å². The van der Waals surface area contributed by atoms with E-state index in [4.69, 9.17) is 27.5 Å². The minimum absolute atomic E-state index is 0.127. The molecule has 0 unspecified atom stereocenters. The monoisotopic (exact) mass is 277 g/mol. The summed E-state index contributed by atoms with van der Waals surface area (Å²) in [7, 11) is 0. The molecule has 3 rings (SSSR count). The van der Waals surface area contributed by atoms with Crippen molar-refractivity contribution in [1.29, 1.82) is 0 Å². The SMILES string of the molecule is Nc1oc2cncc(-c3ccc(F)cc3Cl)c2c1N. The lowest BCUT2D eigenvalue weighted by atomic mass is 10.0. The van der Waals surface area contributed by atoms with E-state index in [2.05, 4.69) is 4.98 Å². The topological polar surface area (TPSA) is 78.1 Å². The van der Waals surface area contributed by atoms with Gasteiger partial charge in [-0.05, 0) is 18.2 Å². The molecular formula is C13H9ClFN3O. The van der Waals surface area contributed by atoms with Crippen LogP contribution in [0.15, 0.2) is 35.0 Å². The number of hydrogen-bond donors (Lipinski definition) is 2. The van der Waals surface area contributed by atoms with Crippen molar-refractivity contribution in [3.8, 4) is 11.1 Å². The number of hydrogen-bond acceptors (Lipinski definition) is 4. The van der Waals surface area contributed by atoms with E-state index in [1.807, 2.05) is 0 Å². The van der Waals surface area contributed by atoms with E-state index in [-0.39, 0.29) is 10.9 Å². The molecule has 0 fully saturated rings. The fourth-order valence-electron chi connectivity index (χ4n) is 2.01. The van der Waals surface area contributed by atoms with E-state index < -0.39 is 5.82 Å². The second-order valence-corrected chi connectivity index (χ2v) is 4.47. The molecule has 0 saturated carbocycles. The van der Waals surface area contributed by atoms with E-state index in [9.17, 15) is 4.39 Å². The lowest BCUT2D eigenvalue weighted by Gasteiger charge is -2.05. The molecule has 0 atom stereocenters. The van der Waals surface area contributed by atoms with Crippen LogP contribution < -0.4 is 11.5 Å². The number of nitrogens with zero attached hydrogens (tertiary/aromatic N) is 1. The standard InChI is InChI=1S/C13H9ClFN3O/c14-9-3-6(15)1-2-7(9)8-4-18-5-10-11(8)12(16)13(17)19-10/h1-5H,16-17H2. The summed E-state index contributed by atoms with van der Waals surface area (Å²) >= 11 is 6.05. The maximum absolute atomic E-state index is 13.1. The van der Waals surface area contributed by atoms with Gasteiger partial charge in [0, 0.05) is 17.3 Å². The van der Waals surface area contributed by atoms with Crippen LogP contribution in [0.3, 0.4) is 0 Å². The van der Waals surface area contributed by atoms with Gasteiger partial charge in [0.05, 0.1) is 16.6 Å². The van der Waals surface area contributed by atoms with Gasteiger partial charge in [0.25, 0.3) is 0 Å². The summed E-state index contributed by atoms with van der Waals surface area (Å²) in [5, 5.41) is 0.898. The summed E-state index contributed by atoms with van der Waals surface area (Å²) in [5.74, 6) is -0.281. The van der Waals surface area contributed by atoms with Gasteiger partial charge in [-0.15, -0.1) is 0 Å². The molecule has 4 nitrogen and oxygen atoms in total. The number of anilines is 2. The first-order valence-corrected chi connectivity index (χ1v) is 5.82. The van der Waals surface area contributed by atoms with Gasteiger partial charge in [0.15, 0.2) is 5.58 Å². The van der Waals surface area contributed by atoms with Crippen molar-refractivity contribution in [2.45, 2.75) is 0 Å². The van der Waals surface area contributed by atoms with Crippen molar-refractivity contribution in [3.63, 3.8) is 0 Å². The molecule has 3 aromatic rings. The van der Waals surface area contributed by atoms with E-state index in [0.717, 1.165) is 0 Å². The first-order valence-electron chi connectivity index (χ1n) is 5.45. The number of pyridine rings is 1. The zero-order valence-electron chi connectivity index (χ0n) is 9.65.